The predicted molar refractivity (Wildman–Crippen MR) is 99.5 cm³/mol. The summed E-state index contributed by atoms with van der Waals surface area (Å²) in [7, 11) is 0. The van der Waals surface area contributed by atoms with Crippen molar-refractivity contribution in [3.05, 3.63) is 54.4 Å². The van der Waals surface area contributed by atoms with Crippen molar-refractivity contribution >= 4 is 11.8 Å². The summed E-state index contributed by atoms with van der Waals surface area (Å²) in [5.41, 5.74) is 0.454. The van der Waals surface area contributed by atoms with Gasteiger partial charge in [0.05, 0.1) is 5.41 Å². The van der Waals surface area contributed by atoms with E-state index >= 15 is 0 Å². The molecule has 0 spiro atoms. The standard InChI is InChI=1S/C20H26N4O2/c1-20(2,17-7-4-3-5-8-17)19(26)23-15-13-22(14-16-23)18(25)9-12-24-11-6-10-21-24/h3-8,10-11H,9,12-16H2,1-2H3. The van der Waals surface area contributed by atoms with E-state index in [1.165, 1.54) is 0 Å². The summed E-state index contributed by atoms with van der Waals surface area (Å²) in [6.45, 7) is 6.87. The first-order chi connectivity index (χ1) is 12.5. The number of aromatic nitrogens is 2. The lowest BCUT2D eigenvalue weighted by Gasteiger charge is -2.38. The molecule has 0 N–H and O–H groups in total. The van der Waals surface area contributed by atoms with Crippen LogP contribution in [0.3, 0.4) is 0 Å². The number of benzene rings is 1. The fourth-order valence-electron chi connectivity index (χ4n) is 3.33. The highest BCUT2D eigenvalue weighted by Crippen LogP contribution is 2.26. The van der Waals surface area contributed by atoms with Crippen LogP contribution in [0.2, 0.25) is 0 Å². The number of nitrogens with zero attached hydrogens (tertiary/aromatic N) is 4. The molecule has 2 heterocycles. The summed E-state index contributed by atoms with van der Waals surface area (Å²) in [4.78, 5) is 29.1. The number of aryl methyl sites for hydroxylation is 1. The van der Waals surface area contributed by atoms with Gasteiger partial charge in [0.2, 0.25) is 11.8 Å². The van der Waals surface area contributed by atoms with Gasteiger partial charge in [-0.2, -0.15) is 5.10 Å². The highest BCUT2D eigenvalue weighted by molar-refractivity contribution is 5.87. The Morgan fingerprint density at radius 1 is 1.00 bits per heavy atom. The van der Waals surface area contributed by atoms with Gasteiger partial charge in [-0.05, 0) is 25.5 Å². The Morgan fingerprint density at radius 2 is 1.65 bits per heavy atom. The van der Waals surface area contributed by atoms with E-state index in [9.17, 15) is 9.59 Å². The molecule has 138 valence electrons. The van der Waals surface area contributed by atoms with Gasteiger partial charge in [0.1, 0.15) is 0 Å². The molecule has 6 heteroatoms. The van der Waals surface area contributed by atoms with Crippen LogP contribution in [0.4, 0.5) is 0 Å². The number of hydrogen-bond donors (Lipinski definition) is 0. The average molecular weight is 354 g/mol. The van der Waals surface area contributed by atoms with Crippen molar-refractivity contribution < 1.29 is 9.59 Å². The monoisotopic (exact) mass is 354 g/mol. The van der Waals surface area contributed by atoms with Gasteiger partial charge in [0.25, 0.3) is 0 Å². The van der Waals surface area contributed by atoms with Gasteiger partial charge in [0.15, 0.2) is 0 Å². The van der Waals surface area contributed by atoms with Crippen LogP contribution in [0.1, 0.15) is 25.8 Å². The molecule has 0 radical (unpaired) electrons. The van der Waals surface area contributed by atoms with Crippen LogP contribution >= 0.6 is 0 Å². The van der Waals surface area contributed by atoms with Crippen LogP contribution in [-0.2, 0) is 21.5 Å². The second-order valence-corrected chi connectivity index (χ2v) is 7.18. The van der Waals surface area contributed by atoms with E-state index in [0.717, 1.165) is 5.56 Å². The Morgan fingerprint density at radius 3 is 2.27 bits per heavy atom. The molecule has 0 aliphatic carbocycles. The summed E-state index contributed by atoms with van der Waals surface area (Å²) in [5, 5.41) is 4.12. The van der Waals surface area contributed by atoms with Gasteiger partial charge in [-0.15, -0.1) is 0 Å². The van der Waals surface area contributed by atoms with Gasteiger partial charge >= 0.3 is 0 Å². The molecule has 2 amide bonds. The summed E-state index contributed by atoms with van der Waals surface area (Å²) < 4.78 is 1.76. The highest BCUT2D eigenvalue weighted by Gasteiger charge is 2.35. The van der Waals surface area contributed by atoms with Crippen molar-refractivity contribution in [2.24, 2.45) is 0 Å². The number of amides is 2. The Bertz CT molecular complexity index is 732. The first-order valence-corrected chi connectivity index (χ1v) is 9.08. The molecule has 1 aliphatic heterocycles. The fourth-order valence-corrected chi connectivity index (χ4v) is 3.33. The van der Waals surface area contributed by atoms with E-state index in [-0.39, 0.29) is 11.8 Å². The molecule has 0 saturated carbocycles. The van der Waals surface area contributed by atoms with E-state index in [1.54, 1.807) is 10.9 Å². The second kappa shape index (κ2) is 7.72. The van der Waals surface area contributed by atoms with Crippen molar-refractivity contribution in [3.63, 3.8) is 0 Å². The van der Waals surface area contributed by atoms with Crippen LogP contribution in [-0.4, -0.2) is 57.6 Å². The maximum absolute atomic E-state index is 13.0. The van der Waals surface area contributed by atoms with E-state index in [4.69, 9.17) is 0 Å². The van der Waals surface area contributed by atoms with Gasteiger partial charge < -0.3 is 9.80 Å². The van der Waals surface area contributed by atoms with E-state index in [2.05, 4.69) is 5.10 Å². The van der Waals surface area contributed by atoms with Crippen molar-refractivity contribution in [1.82, 2.24) is 19.6 Å². The topological polar surface area (TPSA) is 58.4 Å². The number of piperazine rings is 1. The minimum absolute atomic E-state index is 0.118. The van der Waals surface area contributed by atoms with Gasteiger partial charge in [0, 0.05) is 51.5 Å². The Labute approximate surface area is 154 Å². The smallest absolute Gasteiger partial charge is 0.232 e. The number of hydrogen-bond acceptors (Lipinski definition) is 3. The Hall–Kier alpha value is -2.63. The van der Waals surface area contributed by atoms with Crippen LogP contribution in [0.15, 0.2) is 48.8 Å². The molecular weight excluding hydrogens is 328 g/mol. The maximum Gasteiger partial charge on any atom is 0.232 e. The van der Waals surface area contributed by atoms with E-state index in [0.29, 0.717) is 39.1 Å². The lowest BCUT2D eigenvalue weighted by Crippen LogP contribution is -2.54. The lowest BCUT2D eigenvalue weighted by molar-refractivity contribution is -0.142. The molecule has 1 fully saturated rings. The van der Waals surface area contributed by atoms with Crippen molar-refractivity contribution in [2.75, 3.05) is 26.2 Å². The molecule has 1 saturated heterocycles. The third-order valence-corrected chi connectivity index (χ3v) is 5.06. The quantitative estimate of drug-likeness (QED) is 0.824. The molecular formula is C20H26N4O2. The first kappa shape index (κ1) is 18.2. The molecule has 0 bridgehead atoms. The second-order valence-electron chi connectivity index (χ2n) is 7.18. The van der Waals surface area contributed by atoms with Gasteiger partial charge in [-0.25, -0.2) is 0 Å². The third-order valence-electron chi connectivity index (χ3n) is 5.06. The van der Waals surface area contributed by atoms with Gasteiger partial charge in [-0.1, -0.05) is 30.3 Å². The number of carbonyl (C=O) groups is 2. The molecule has 0 atom stereocenters. The average Bonchev–Trinajstić information content (AvgIpc) is 3.20. The minimum atomic E-state index is -0.562. The van der Waals surface area contributed by atoms with Crippen molar-refractivity contribution in [1.29, 1.82) is 0 Å². The molecule has 1 aromatic heterocycles. The van der Waals surface area contributed by atoms with Crippen LogP contribution in [0, 0.1) is 0 Å². The zero-order chi connectivity index (χ0) is 18.6. The lowest BCUT2D eigenvalue weighted by atomic mass is 9.83. The SMILES string of the molecule is CC(C)(C(=O)N1CCN(C(=O)CCn2cccn2)CC1)c1ccccc1. The summed E-state index contributed by atoms with van der Waals surface area (Å²) in [6, 6.07) is 11.7. The summed E-state index contributed by atoms with van der Waals surface area (Å²) in [5.74, 6) is 0.238. The van der Waals surface area contributed by atoms with Gasteiger partial charge in [-0.3, -0.25) is 14.3 Å². The highest BCUT2D eigenvalue weighted by atomic mass is 16.2. The molecule has 1 aromatic carbocycles. The van der Waals surface area contributed by atoms with Crippen molar-refractivity contribution in [3.8, 4) is 0 Å². The Kier molecular flexibility index (Phi) is 5.40. The predicted octanol–water partition coefficient (Wildman–Crippen LogP) is 1.92. The largest absolute Gasteiger partial charge is 0.339 e. The molecule has 26 heavy (non-hydrogen) atoms. The minimum Gasteiger partial charge on any atom is -0.339 e. The van der Waals surface area contributed by atoms with E-state index < -0.39 is 5.41 Å². The molecule has 0 unspecified atom stereocenters. The van der Waals surface area contributed by atoms with Crippen LogP contribution < -0.4 is 0 Å². The number of carbonyl (C=O) groups excluding carboxylic acids is 2. The molecule has 6 nitrogen and oxygen atoms in total. The van der Waals surface area contributed by atoms with Crippen LogP contribution in [0.5, 0.6) is 0 Å². The third kappa shape index (κ3) is 3.95. The normalized spacial score (nSPS) is 15.2. The molecule has 1 aliphatic rings. The number of rotatable bonds is 5. The van der Waals surface area contributed by atoms with E-state index in [1.807, 2.05) is 66.2 Å². The zero-order valence-corrected chi connectivity index (χ0v) is 15.5. The summed E-state index contributed by atoms with van der Waals surface area (Å²) in [6.07, 6.45) is 4.00. The first-order valence-electron chi connectivity index (χ1n) is 9.08. The maximum atomic E-state index is 13.0. The van der Waals surface area contributed by atoms with Crippen LogP contribution in [0.25, 0.3) is 0 Å². The molecule has 3 rings (SSSR count). The Balaban J connectivity index is 1.53. The fraction of sp³-hybridized carbons (Fsp3) is 0.450. The molecule has 2 aromatic rings. The zero-order valence-electron chi connectivity index (χ0n) is 15.5. The summed E-state index contributed by atoms with van der Waals surface area (Å²) >= 11 is 0. The van der Waals surface area contributed by atoms with Crippen molar-refractivity contribution in [2.45, 2.75) is 32.2 Å².